The average Bonchev–Trinajstić information content (AvgIpc) is 3.29. The number of unbranched alkanes of at least 4 members (excludes halogenated alkanes) is 1. The third kappa shape index (κ3) is 4.72. The van der Waals surface area contributed by atoms with Crippen LogP contribution in [0.4, 0.5) is 8.78 Å². The van der Waals surface area contributed by atoms with Gasteiger partial charge in [0.25, 0.3) is 0 Å². The van der Waals surface area contributed by atoms with E-state index in [9.17, 15) is 4.39 Å². The van der Waals surface area contributed by atoms with E-state index in [2.05, 4.69) is 15.2 Å². The number of aromatic nitrogens is 3. The summed E-state index contributed by atoms with van der Waals surface area (Å²) in [5.74, 6) is 0.536. The molecule has 0 atom stereocenters. The van der Waals surface area contributed by atoms with E-state index in [1.54, 1.807) is 0 Å². The second-order valence-electron chi connectivity index (χ2n) is 8.05. The highest BCUT2D eigenvalue weighted by Crippen LogP contribution is 2.31. The molecule has 1 N–H and O–H groups in total. The van der Waals surface area contributed by atoms with Crippen LogP contribution in [0.3, 0.4) is 0 Å². The first-order valence-electron chi connectivity index (χ1n) is 10.7. The topological polar surface area (TPSA) is 41.6 Å². The molecule has 0 bridgehead atoms. The van der Waals surface area contributed by atoms with Gasteiger partial charge < -0.3 is 0 Å². The zero-order valence-electron chi connectivity index (χ0n) is 16.6. The molecule has 0 spiro atoms. The molecule has 1 aliphatic carbocycles. The van der Waals surface area contributed by atoms with Gasteiger partial charge in [-0.1, -0.05) is 63.1 Å². The van der Waals surface area contributed by atoms with E-state index in [-0.39, 0.29) is 5.56 Å². The van der Waals surface area contributed by atoms with Crippen LogP contribution in [0.2, 0.25) is 0 Å². The van der Waals surface area contributed by atoms with Gasteiger partial charge in [-0.2, -0.15) is 5.10 Å². The number of aromatic amines is 1. The van der Waals surface area contributed by atoms with Crippen LogP contribution in [-0.4, -0.2) is 15.2 Å². The Morgan fingerprint density at radius 2 is 1.79 bits per heavy atom. The van der Waals surface area contributed by atoms with Gasteiger partial charge in [0.2, 0.25) is 0 Å². The van der Waals surface area contributed by atoms with E-state index in [1.807, 2.05) is 24.3 Å². The Morgan fingerprint density at radius 1 is 0.966 bits per heavy atom. The van der Waals surface area contributed by atoms with Crippen LogP contribution in [-0.2, 0) is 6.42 Å². The Labute approximate surface area is 170 Å². The molecule has 3 aromatic rings. The molecule has 1 saturated carbocycles. The number of nitrogens with one attached hydrogen (secondary N) is 1. The molecule has 0 saturated heterocycles. The van der Waals surface area contributed by atoms with Crippen LogP contribution in [0.5, 0.6) is 0 Å². The summed E-state index contributed by atoms with van der Waals surface area (Å²) in [6.07, 6.45) is 11.6. The first-order chi connectivity index (χ1) is 14.2. The minimum absolute atomic E-state index is 0.205. The Kier molecular flexibility index (Phi) is 6.33. The van der Waals surface area contributed by atoms with Gasteiger partial charge in [0.1, 0.15) is 18.0 Å². The van der Waals surface area contributed by atoms with Gasteiger partial charge in [-0.15, -0.1) is 0 Å². The second kappa shape index (κ2) is 9.29. The molecule has 3 nitrogen and oxygen atoms in total. The third-order valence-corrected chi connectivity index (χ3v) is 6.06. The monoisotopic (exact) mass is 395 g/mol. The van der Waals surface area contributed by atoms with Gasteiger partial charge >= 0.3 is 0 Å². The Balaban J connectivity index is 1.47. The quantitative estimate of drug-likeness (QED) is 0.452. The molecule has 0 radical (unpaired) electrons. The predicted molar refractivity (Wildman–Crippen MR) is 111 cm³/mol. The molecule has 1 aliphatic rings. The van der Waals surface area contributed by atoms with Crippen molar-refractivity contribution in [1.82, 2.24) is 15.2 Å². The van der Waals surface area contributed by atoms with Gasteiger partial charge in [-0.25, -0.2) is 13.8 Å². The first-order valence-corrected chi connectivity index (χ1v) is 10.7. The highest BCUT2D eigenvalue weighted by molar-refractivity contribution is 5.71. The number of rotatable bonds is 7. The summed E-state index contributed by atoms with van der Waals surface area (Å²) in [6.45, 7) is 0. The lowest BCUT2D eigenvalue weighted by Crippen LogP contribution is -2.06. The largest absolute Gasteiger partial charge is 0.259 e. The van der Waals surface area contributed by atoms with Crippen LogP contribution >= 0.6 is 0 Å². The lowest BCUT2D eigenvalue weighted by atomic mass is 9.85. The second-order valence-corrected chi connectivity index (χ2v) is 8.05. The molecule has 152 valence electrons. The molecule has 0 amide bonds. The lowest BCUT2D eigenvalue weighted by molar-refractivity contribution is 0.329. The smallest absolute Gasteiger partial charge is 0.155 e. The molecule has 0 aliphatic heterocycles. The van der Waals surface area contributed by atoms with Gasteiger partial charge in [0, 0.05) is 16.7 Å². The first kappa shape index (κ1) is 19.7. The van der Waals surface area contributed by atoms with Crippen LogP contribution < -0.4 is 0 Å². The van der Waals surface area contributed by atoms with Gasteiger partial charge in [0.15, 0.2) is 5.82 Å². The van der Waals surface area contributed by atoms with Crippen molar-refractivity contribution in [3.05, 3.63) is 59.9 Å². The minimum Gasteiger partial charge on any atom is -0.259 e. The maximum Gasteiger partial charge on any atom is 0.155 e. The Bertz CT molecular complexity index is 931. The van der Waals surface area contributed by atoms with Crippen molar-refractivity contribution >= 4 is 0 Å². The fourth-order valence-electron chi connectivity index (χ4n) is 4.44. The zero-order valence-corrected chi connectivity index (χ0v) is 16.6. The van der Waals surface area contributed by atoms with Gasteiger partial charge in [-0.05, 0) is 42.5 Å². The zero-order chi connectivity index (χ0) is 20.1. The Morgan fingerprint density at radius 3 is 2.59 bits per heavy atom. The highest BCUT2D eigenvalue weighted by atomic mass is 19.1. The summed E-state index contributed by atoms with van der Waals surface area (Å²) >= 11 is 0. The van der Waals surface area contributed by atoms with Crippen LogP contribution in [0.15, 0.2) is 42.7 Å². The minimum atomic E-state index is -0.449. The molecule has 1 heterocycles. The Hall–Kier alpha value is -2.56. The molecule has 5 heteroatoms. The molecule has 1 aromatic heterocycles. The van der Waals surface area contributed by atoms with Crippen LogP contribution in [0.1, 0.15) is 56.9 Å². The van der Waals surface area contributed by atoms with Crippen molar-refractivity contribution in [3.8, 4) is 22.5 Å². The fraction of sp³-hybridized carbons (Fsp3) is 0.417. The van der Waals surface area contributed by atoms with Crippen LogP contribution in [0, 0.1) is 17.6 Å². The van der Waals surface area contributed by atoms with E-state index in [4.69, 9.17) is 0 Å². The number of hydrogen-bond acceptors (Lipinski definition) is 2. The molecule has 29 heavy (non-hydrogen) atoms. The standard InChI is InChI=1S/C24H27F2N3/c25-22-14-13-20(18-10-6-11-19(15-18)24-27-16-28-29-24)23(26)21(22)12-5-4-9-17-7-2-1-3-8-17/h6,10-11,13-17H,1-5,7-9,12H2,(H,27,28,29). The number of halogens is 2. The van der Waals surface area contributed by atoms with Crippen molar-refractivity contribution in [2.24, 2.45) is 5.92 Å². The van der Waals surface area contributed by atoms with E-state index in [1.165, 1.54) is 57.0 Å². The highest BCUT2D eigenvalue weighted by Gasteiger charge is 2.17. The predicted octanol–water partition coefficient (Wildman–Crippen LogP) is 6.71. The van der Waals surface area contributed by atoms with Crippen molar-refractivity contribution in [2.45, 2.75) is 57.8 Å². The maximum absolute atomic E-state index is 15.2. The summed E-state index contributed by atoms with van der Waals surface area (Å²) in [7, 11) is 0. The summed E-state index contributed by atoms with van der Waals surface area (Å²) < 4.78 is 29.6. The van der Waals surface area contributed by atoms with E-state index < -0.39 is 11.6 Å². The molecule has 4 rings (SSSR count). The van der Waals surface area contributed by atoms with Crippen molar-refractivity contribution in [3.63, 3.8) is 0 Å². The number of hydrogen-bond donors (Lipinski definition) is 1. The summed E-state index contributed by atoms with van der Waals surface area (Å²) in [6, 6.07) is 10.3. The van der Waals surface area contributed by atoms with Gasteiger partial charge in [0.05, 0.1) is 0 Å². The summed E-state index contributed by atoms with van der Waals surface area (Å²) in [4.78, 5) is 4.14. The number of nitrogens with zero attached hydrogens (tertiary/aromatic N) is 2. The summed E-state index contributed by atoms with van der Waals surface area (Å²) in [5.41, 5.74) is 2.16. The van der Waals surface area contributed by atoms with Crippen molar-refractivity contribution < 1.29 is 8.78 Å². The van der Waals surface area contributed by atoms with E-state index in [0.29, 0.717) is 23.4 Å². The molecule has 2 aromatic carbocycles. The lowest BCUT2D eigenvalue weighted by Gasteiger charge is -2.21. The number of benzene rings is 2. The van der Waals surface area contributed by atoms with Crippen molar-refractivity contribution in [1.29, 1.82) is 0 Å². The third-order valence-electron chi connectivity index (χ3n) is 6.06. The average molecular weight is 395 g/mol. The van der Waals surface area contributed by atoms with Crippen LogP contribution in [0.25, 0.3) is 22.5 Å². The number of H-pyrrole nitrogens is 1. The van der Waals surface area contributed by atoms with E-state index >= 15 is 4.39 Å². The normalized spacial score (nSPS) is 15.0. The summed E-state index contributed by atoms with van der Waals surface area (Å²) in [5, 5.41) is 6.67. The van der Waals surface area contributed by atoms with Gasteiger partial charge in [-0.3, -0.25) is 5.10 Å². The van der Waals surface area contributed by atoms with E-state index in [0.717, 1.165) is 24.3 Å². The molecular formula is C24H27F2N3. The molecule has 0 unspecified atom stereocenters. The molecule has 1 fully saturated rings. The van der Waals surface area contributed by atoms with Crippen molar-refractivity contribution in [2.75, 3.05) is 0 Å². The maximum atomic E-state index is 15.2. The SMILES string of the molecule is Fc1ccc(-c2cccc(-c3ncn[nH]3)c2)c(F)c1CCCCC1CCCCC1. The fourth-order valence-corrected chi connectivity index (χ4v) is 4.44. The molecular weight excluding hydrogens is 368 g/mol.